The number of nitrogens with one attached hydrogen (secondary N) is 1. The average Bonchev–Trinajstić information content (AvgIpc) is 2.41. The van der Waals surface area contributed by atoms with Gasteiger partial charge >= 0.3 is 0 Å². The number of hydrogen-bond acceptors (Lipinski definition) is 3. The van der Waals surface area contributed by atoms with Gasteiger partial charge < -0.3 is 10.1 Å². The van der Waals surface area contributed by atoms with Crippen molar-refractivity contribution in [3.63, 3.8) is 0 Å². The fourth-order valence-corrected chi connectivity index (χ4v) is 3.18. The number of hydrogen-bond donors (Lipinski definition) is 1. The minimum absolute atomic E-state index is 0.313. The molecule has 110 valence electrons. The third-order valence-electron chi connectivity index (χ3n) is 4.51. The van der Waals surface area contributed by atoms with Crippen molar-refractivity contribution in [3.05, 3.63) is 23.8 Å². The van der Waals surface area contributed by atoms with Crippen LogP contribution in [0.25, 0.3) is 0 Å². The molecule has 3 heteroatoms. The van der Waals surface area contributed by atoms with Gasteiger partial charge in [-0.25, -0.2) is 0 Å². The SMILES string of the molecule is CC(C)N1CC(C)(COc2ccc3c(c2)NCCC3)C1. The predicted molar refractivity (Wildman–Crippen MR) is 83.6 cm³/mol. The van der Waals surface area contributed by atoms with Crippen molar-refractivity contribution < 1.29 is 4.74 Å². The van der Waals surface area contributed by atoms with Gasteiger partial charge in [0.15, 0.2) is 0 Å². The van der Waals surface area contributed by atoms with Gasteiger partial charge in [0.25, 0.3) is 0 Å². The van der Waals surface area contributed by atoms with Crippen molar-refractivity contribution in [1.29, 1.82) is 0 Å². The number of rotatable bonds is 4. The zero-order chi connectivity index (χ0) is 14.2. The Balaban J connectivity index is 1.57. The number of ether oxygens (including phenoxy) is 1. The first kappa shape index (κ1) is 13.7. The highest BCUT2D eigenvalue weighted by Crippen LogP contribution is 2.33. The molecule has 20 heavy (non-hydrogen) atoms. The van der Waals surface area contributed by atoms with E-state index in [0.717, 1.165) is 32.0 Å². The molecule has 0 radical (unpaired) electrons. The van der Waals surface area contributed by atoms with E-state index in [9.17, 15) is 0 Å². The molecule has 1 N–H and O–H groups in total. The number of likely N-dealkylation sites (tertiary alicyclic amines) is 1. The summed E-state index contributed by atoms with van der Waals surface area (Å²) >= 11 is 0. The van der Waals surface area contributed by atoms with Crippen LogP contribution in [0.2, 0.25) is 0 Å². The van der Waals surface area contributed by atoms with Gasteiger partial charge in [0, 0.05) is 42.8 Å². The largest absolute Gasteiger partial charge is 0.493 e. The lowest BCUT2D eigenvalue weighted by molar-refractivity contribution is -0.0376. The highest BCUT2D eigenvalue weighted by Gasteiger charge is 2.40. The monoisotopic (exact) mass is 274 g/mol. The Morgan fingerprint density at radius 1 is 1.35 bits per heavy atom. The van der Waals surface area contributed by atoms with Gasteiger partial charge in [0.1, 0.15) is 5.75 Å². The van der Waals surface area contributed by atoms with Gasteiger partial charge in [-0.15, -0.1) is 0 Å². The van der Waals surface area contributed by atoms with Crippen LogP contribution in [-0.2, 0) is 6.42 Å². The van der Waals surface area contributed by atoms with Crippen LogP contribution in [0.3, 0.4) is 0 Å². The second-order valence-corrected chi connectivity index (χ2v) is 6.95. The lowest BCUT2D eigenvalue weighted by atomic mass is 9.82. The fourth-order valence-electron chi connectivity index (χ4n) is 3.18. The Hall–Kier alpha value is -1.22. The molecule has 0 aliphatic carbocycles. The Morgan fingerprint density at radius 3 is 2.90 bits per heavy atom. The van der Waals surface area contributed by atoms with Crippen LogP contribution < -0.4 is 10.1 Å². The summed E-state index contributed by atoms with van der Waals surface area (Å²) in [6.07, 6.45) is 2.42. The quantitative estimate of drug-likeness (QED) is 0.913. The van der Waals surface area contributed by atoms with Crippen molar-refractivity contribution in [1.82, 2.24) is 4.90 Å². The van der Waals surface area contributed by atoms with Crippen molar-refractivity contribution in [3.8, 4) is 5.75 Å². The third kappa shape index (κ3) is 2.78. The molecule has 1 fully saturated rings. The summed E-state index contributed by atoms with van der Waals surface area (Å²) in [4.78, 5) is 2.50. The molecule has 0 atom stereocenters. The first-order chi connectivity index (χ1) is 9.56. The van der Waals surface area contributed by atoms with E-state index in [1.807, 2.05) is 0 Å². The molecule has 3 rings (SSSR count). The summed E-state index contributed by atoms with van der Waals surface area (Å²) in [6.45, 7) is 11.0. The molecule has 0 bridgehead atoms. The number of benzene rings is 1. The standard InChI is InChI=1S/C17H26N2O/c1-13(2)19-10-17(3,11-19)12-20-15-7-6-14-5-4-8-18-16(14)9-15/h6-7,9,13,18H,4-5,8,10-12H2,1-3H3. The minimum Gasteiger partial charge on any atom is -0.493 e. The molecule has 0 amide bonds. The van der Waals surface area contributed by atoms with Crippen molar-refractivity contribution >= 4 is 5.69 Å². The molecular formula is C17H26N2O. The lowest BCUT2D eigenvalue weighted by Gasteiger charge is -2.49. The predicted octanol–water partition coefficient (Wildman–Crippen LogP) is 3.15. The van der Waals surface area contributed by atoms with E-state index in [4.69, 9.17) is 4.74 Å². The van der Waals surface area contributed by atoms with Gasteiger partial charge in [-0.3, -0.25) is 4.90 Å². The molecule has 0 unspecified atom stereocenters. The van der Waals surface area contributed by atoms with Crippen molar-refractivity contribution in [2.75, 3.05) is 31.6 Å². The first-order valence-corrected chi connectivity index (χ1v) is 7.79. The lowest BCUT2D eigenvalue weighted by Crippen LogP contribution is -2.59. The Morgan fingerprint density at radius 2 is 2.15 bits per heavy atom. The number of fused-ring (bicyclic) bond motifs is 1. The van der Waals surface area contributed by atoms with Gasteiger partial charge in [-0.1, -0.05) is 13.0 Å². The molecule has 1 aromatic rings. The molecule has 2 aliphatic rings. The normalized spacial score (nSPS) is 21.0. The molecule has 0 aromatic heterocycles. The van der Waals surface area contributed by atoms with Crippen LogP contribution >= 0.6 is 0 Å². The van der Waals surface area contributed by atoms with Crippen LogP contribution in [-0.4, -0.2) is 37.2 Å². The highest BCUT2D eigenvalue weighted by atomic mass is 16.5. The summed E-state index contributed by atoms with van der Waals surface area (Å²) < 4.78 is 6.04. The summed E-state index contributed by atoms with van der Waals surface area (Å²) in [6, 6.07) is 7.14. The van der Waals surface area contributed by atoms with Gasteiger partial charge in [-0.2, -0.15) is 0 Å². The number of nitrogens with zero attached hydrogens (tertiary/aromatic N) is 1. The third-order valence-corrected chi connectivity index (χ3v) is 4.51. The van der Waals surface area contributed by atoms with Crippen molar-refractivity contribution in [2.24, 2.45) is 5.41 Å². The molecular weight excluding hydrogens is 248 g/mol. The maximum Gasteiger partial charge on any atom is 0.121 e. The van der Waals surface area contributed by atoms with Gasteiger partial charge in [0.2, 0.25) is 0 Å². The molecule has 0 spiro atoms. The molecule has 3 nitrogen and oxygen atoms in total. The molecule has 2 heterocycles. The zero-order valence-electron chi connectivity index (χ0n) is 12.9. The minimum atomic E-state index is 0.313. The molecule has 1 saturated heterocycles. The van der Waals surface area contributed by atoms with E-state index in [2.05, 4.69) is 49.2 Å². The second-order valence-electron chi connectivity index (χ2n) is 6.95. The first-order valence-electron chi connectivity index (χ1n) is 7.79. The molecule has 1 aromatic carbocycles. The summed E-state index contributed by atoms with van der Waals surface area (Å²) in [7, 11) is 0. The molecule has 2 aliphatic heterocycles. The summed E-state index contributed by atoms with van der Waals surface area (Å²) in [5.41, 5.74) is 2.99. The smallest absolute Gasteiger partial charge is 0.121 e. The van der Waals surface area contributed by atoms with E-state index in [1.54, 1.807) is 0 Å². The van der Waals surface area contributed by atoms with E-state index in [0.29, 0.717) is 11.5 Å². The van der Waals surface area contributed by atoms with Gasteiger partial charge in [-0.05, 0) is 38.3 Å². The average molecular weight is 274 g/mol. The topological polar surface area (TPSA) is 24.5 Å². The highest BCUT2D eigenvalue weighted by molar-refractivity contribution is 5.56. The Kier molecular flexibility index (Phi) is 3.63. The van der Waals surface area contributed by atoms with Crippen molar-refractivity contribution in [2.45, 2.75) is 39.7 Å². The Labute approximate surface area is 122 Å². The van der Waals surface area contributed by atoms with Crippen LogP contribution in [0.1, 0.15) is 32.8 Å². The maximum atomic E-state index is 6.04. The van der Waals surface area contributed by atoms with E-state index in [-0.39, 0.29) is 0 Å². The summed E-state index contributed by atoms with van der Waals surface area (Å²) in [5.74, 6) is 1.00. The van der Waals surface area contributed by atoms with Crippen LogP contribution in [0, 0.1) is 5.41 Å². The zero-order valence-corrected chi connectivity index (χ0v) is 12.9. The summed E-state index contributed by atoms with van der Waals surface area (Å²) in [5, 5.41) is 3.46. The van der Waals surface area contributed by atoms with Crippen LogP contribution in [0.5, 0.6) is 5.75 Å². The Bertz CT molecular complexity index is 478. The van der Waals surface area contributed by atoms with Gasteiger partial charge in [0.05, 0.1) is 6.61 Å². The number of aryl methyl sites for hydroxylation is 1. The van der Waals surface area contributed by atoms with E-state index >= 15 is 0 Å². The maximum absolute atomic E-state index is 6.04. The van der Waals surface area contributed by atoms with E-state index in [1.165, 1.54) is 24.1 Å². The molecule has 0 saturated carbocycles. The van der Waals surface area contributed by atoms with E-state index < -0.39 is 0 Å². The number of anilines is 1. The van der Waals surface area contributed by atoms with Crippen LogP contribution in [0.15, 0.2) is 18.2 Å². The van der Waals surface area contributed by atoms with Crippen LogP contribution in [0.4, 0.5) is 5.69 Å². The second kappa shape index (κ2) is 5.28. The fraction of sp³-hybridized carbons (Fsp3) is 0.647.